The Labute approximate surface area is 165 Å². The van der Waals surface area contributed by atoms with Crippen molar-refractivity contribution in [3.8, 4) is 0 Å². The van der Waals surface area contributed by atoms with Gasteiger partial charge in [-0.1, -0.05) is 36.7 Å². The van der Waals surface area contributed by atoms with Gasteiger partial charge in [0.1, 0.15) is 5.82 Å². The Morgan fingerprint density at radius 1 is 1.44 bits per heavy atom. The summed E-state index contributed by atoms with van der Waals surface area (Å²) in [5, 5.41) is 3.70. The van der Waals surface area contributed by atoms with Crippen molar-refractivity contribution in [3.05, 3.63) is 53.1 Å². The van der Waals surface area contributed by atoms with E-state index in [1.165, 1.54) is 0 Å². The SMILES string of the molecule is CCCNC(=O)N(Cc1nccn1Cc1ccccc1Cl)CC1CCCO1. The van der Waals surface area contributed by atoms with E-state index in [0.717, 1.165) is 42.3 Å². The van der Waals surface area contributed by atoms with Crippen LogP contribution in [0.3, 0.4) is 0 Å². The zero-order chi connectivity index (χ0) is 19.1. The van der Waals surface area contributed by atoms with Crippen molar-refractivity contribution < 1.29 is 9.53 Å². The zero-order valence-corrected chi connectivity index (χ0v) is 16.5. The first kappa shape index (κ1) is 19.7. The predicted molar refractivity (Wildman–Crippen MR) is 106 cm³/mol. The van der Waals surface area contributed by atoms with Crippen molar-refractivity contribution in [2.24, 2.45) is 0 Å². The molecule has 2 heterocycles. The van der Waals surface area contributed by atoms with E-state index in [2.05, 4.69) is 10.3 Å². The molecule has 1 atom stereocenters. The number of amides is 2. The Hall–Kier alpha value is -2.05. The van der Waals surface area contributed by atoms with E-state index in [9.17, 15) is 4.79 Å². The second-order valence-electron chi connectivity index (χ2n) is 6.81. The summed E-state index contributed by atoms with van der Waals surface area (Å²) in [5.74, 6) is 0.833. The lowest BCUT2D eigenvalue weighted by Gasteiger charge is -2.26. The molecule has 1 aromatic heterocycles. The molecule has 0 spiro atoms. The lowest BCUT2D eigenvalue weighted by molar-refractivity contribution is 0.0786. The van der Waals surface area contributed by atoms with E-state index in [4.69, 9.17) is 16.3 Å². The molecule has 146 valence electrons. The summed E-state index contributed by atoms with van der Waals surface area (Å²) in [5.41, 5.74) is 1.03. The molecule has 6 nitrogen and oxygen atoms in total. The molecular weight excluding hydrogens is 364 g/mol. The summed E-state index contributed by atoms with van der Waals surface area (Å²) in [4.78, 5) is 18.9. The Balaban J connectivity index is 1.72. The molecule has 1 aromatic carbocycles. The number of hydrogen-bond acceptors (Lipinski definition) is 3. The number of imidazole rings is 1. The van der Waals surface area contributed by atoms with Gasteiger partial charge in [-0.15, -0.1) is 0 Å². The number of carbonyl (C=O) groups is 1. The Bertz CT molecular complexity index is 743. The third-order valence-electron chi connectivity index (χ3n) is 4.69. The highest BCUT2D eigenvalue weighted by molar-refractivity contribution is 6.31. The van der Waals surface area contributed by atoms with E-state index in [1.807, 2.05) is 42.0 Å². The summed E-state index contributed by atoms with van der Waals surface area (Å²) in [6, 6.07) is 7.71. The molecule has 0 radical (unpaired) electrons. The molecular formula is C20H27ClN4O2. The van der Waals surface area contributed by atoms with Crippen molar-refractivity contribution in [2.45, 2.75) is 45.4 Å². The van der Waals surface area contributed by atoms with Crippen molar-refractivity contribution in [1.29, 1.82) is 0 Å². The van der Waals surface area contributed by atoms with Gasteiger partial charge in [0.2, 0.25) is 0 Å². The molecule has 0 aliphatic carbocycles. The second-order valence-corrected chi connectivity index (χ2v) is 7.22. The van der Waals surface area contributed by atoms with Gasteiger partial charge in [-0.2, -0.15) is 0 Å². The second kappa shape index (κ2) is 9.76. The first-order valence-corrected chi connectivity index (χ1v) is 9.93. The van der Waals surface area contributed by atoms with Crippen LogP contribution in [0.5, 0.6) is 0 Å². The topological polar surface area (TPSA) is 59.4 Å². The van der Waals surface area contributed by atoms with E-state index >= 15 is 0 Å². The maximum absolute atomic E-state index is 12.6. The maximum Gasteiger partial charge on any atom is 0.317 e. The minimum atomic E-state index is -0.0698. The van der Waals surface area contributed by atoms with Crippen LogP contribution in [0.1, 0.15) is 37.6 Å². The summed E-state index contributed by atoms with van der Waals surface area (Å²) >= 11 is 6.30. The number of nitrogens with zero attached hydrogens (tertiary/aromatic N) is 3. The number of rotatable bonds is 8. The molecule has 2 amide bonds. The highest BCUT2D eigenvalue weighted by Crippen LogP contribution is 2.18. The summed E-state index contributed by atoms with van der Waals surface area (Å²) < 4.78 is 7.77. The van der Waals surface area contributed by atoms with Gasteiger partial charge in [0.25, 0.3) is 0 Å². The van der Waals surface area contributed by atoms with Crippen LogP contribution in [0.4, 0.5) is 4.79 Å². The molecule has 2 aromatic rings. The van der Waals surface area contributed by atoms with Gasteiger partial charge in [-0.3, -0.25) is 0 Å². The minimum absolute atomic E-state index is 0.0698. The number of hydrogen-bond donors (Lipinski definition) is 1. The van der Waals surface area contributed by atoms with Gasteiger partial charge in [0.05, 0.1) is 19.2 Å². The fraction of sp³-hybridized carbons (Fsp3) is 0.500. The first-order chi connectivity index (χ1) is 13.2. The van der Waals surface area contributed by atoms with Gasteiger partial charge < -0.3 is 19.5 Å². The molecule has 0 bridgehead atoms. The van der Waals surface area contributed by atoms with Gasteiger partial charge in [-0.05, 0) is 30.9 Å². The van der Waals surface area contributed by atoms with Crippen molar-refractivity contribution >= 4 is 17.6 Å². The van der Waals surface area contributed by atoms with Crippen LogP contribution < -0.4 is 5.32 Å². The zero-order valence-electron chi connectivity index (χ0n) is 15.7. The van der Waals surface area contributed by atoms with Crippen LogP contribution in [-0.2, 0) is 17.8 Å². The number of halogens is 1. The van der Waals surface area contributed by atoms with Crippen LogP contribution in [0.15, 0.2) is 36.7 Å². The maximum atomic E-state index is 12.6. The average Bonchev–Trinajstić information content (AvgIpc) is 3.33. The van der Waals surface area contributed by atoms with Crippen LogP contribution in [0.25, 0.3) is 0 Å². The third-order valence-corrected chi connectivity index (χ3v) is 5.06. The first-order valence-electron chi connectivity index (χ1n) is 9.55. The van der Waals surface area contributed by atoms with E-state index in [1.54, 1.807) is 11.1 Å². The Kier molecular flexibility index (Phi) is 7.12. The number of nitrogens with one attached hydrogen (secondary N) is 1. The molecule has 27 heavy (non-hydrogen) atoms. The molecule has 1 aliphatic heterocycles. The molecule has 7 heteroatoms. The standard InChI is InChI=1S/C20H27ClN4O2/c1-2-9-23-20(26)25(14-17-7-5-12-27-17)15-19-22-10-11-24(19)13-16-6-3-4-8-18(16)21/h3-4,6,8,10-11,17H,2,5,7,9,12-15H2,1H3,(H,23,26). The van der Waals surface area contributed by atoms with E-state index < -0.39 is 0 Å². The van der Waals surface area contributed by atoms with Gasteiger partial charge in [-0.25, -0.2) is 9.78 Å². The van der Waals surface area contributed by atoms with Crippen LogP contribution in [0.2, 0.25) is 5.02 Å². The van der Waals surface area contributed by atoms with Gasteiger partial charge in [0.15, 0.2) is 0 Å². The van der Waals surface area contributed by atoms with E-state index in [-0.39, 0.29) is 12.1 Å². The number of aromatic nitrogens is 2. The van der Waals surface area contributed by atoms with Gasteiger partial charge in [0, 0.05) is 37.1 Å². The van der Waals surface area contributed by atoms with Crippen LogP contribution in [-0.4, -0.2) is 46.3 Å². The molecule has 1 aliphatic rings. The third kappa shape index (κ3) is 5.47. The fourth-order valence-electron chi connectivity index (χ4n) is 3.21. The van der Waals surface area contributed by atoms with Crippen LogP contribution in [0, 0.1) is 0 Å². The van der Waals surface area contributed by atoms with Crippen molar-refractivity contribution in [2.75, 3.05) is 19.7 Å². The summed E-state index contributed by atoms with van der Waals surface area (Å²) in [7, 11) is 0. The molecule has 1 N–H and O–H groups in total. The summed E-state index contributed by atoms with van der Waals surface area (Å²) in [6.07, 6.45) is 6.74. The van der Waals surface area contributed by atoms with Crippen molar-refractivity contribution in [1.82, 2.24) is 19.8 Å². The highest BCUT2D eigenvalue weighted by atomic mass is 35.5. The smallest absolute Gasteiger partial charge is 0.317 e. The Morgan fingerprint density at radius 3 is 3.04 bits per heavy atom. The lowest BCUT2D eigenvalue weighted by atomic mass is 10.2. The minimum Gasteiger partial charge on any atom is -0.376 e. The highest BCUT2D eigenvalue weighted by Gasteiger charge is 2.24. The van der Waals surface area contributed by atoms with Gasteiger partial charge >= 0.3 is 6.03 Å². The molecule has 1 fully saturated rings. The molecule has 0 saturated carbocycles. The quantitative estimate of drug-likeness (QED) is 0.747. The number of benzene rings is 1. The van der Waals surface area contributed by atoms with Crippen LogP contribution >= 0.6 is 11.6 Å². The predicted octanol–water partition coefficient (Wildman–Crippen LogP) is 3.69. The molecule has 3 rings (SSSR count). The molecule has 1 unspecified atom stereocenters. The monoisotopic (exact) mass is 390 g/mol. The summed E-state index contributed by atoms with van der Waals surface area (Å²) in [6.45, 7) is 5.12. The number of carbonyl (C=O) groups excluding carboxylic acids is 1. The van der Waals surface area contributed by atoms with E-state index in [0.29, 0.717) is 26.2 Å². The molecule has 1 saturated heterocycles. The average molecular weight is 391 g/mol. The van der Waals surface area contributed by atoms with Crippen molar-refractivity contribution in [3.63, 3.8) is 0 Å². The number of urea groups is 1. The normalized spacial score (nSPS) is 16.4. The Morgan fingerprint density at radius 2 is 2.30 bits per heavy atom. The largest absolute Gasteiger partial charge is 0.376 e. The number of ether oxygens (including phenoxy) is 1. The lowest BCUT2D eigenvalue weighted by Crippen LogP contribution is -2.44. The fourth-order valence-corrected chi connectivity index (χ4v) is 3.41.